The molecule has 2 unspecified atom stereocenters. The van der Waals surface area contributed by atoms with Gasteiger partial charge in [-0.1, -0.05) is 19.1 Å². The Morgan fingerprint density at radius 2 is 1.85 bits per heavy atom. The van der Waals surface area contributed by atoms with Crippen molar-refractivity contribution in [3.8, 4) is 0 Å². The Balaban J connectivity index is 1.89. The monoisotopic (exact) mass is 376 g/mol. The molecule has 1 aliphatic rings. The van der Waals surface area contributed by atoms with Crippen molar-refractivity contribution < 1.29 is 14.5 Å². The molecule has 1 saturated heterocycles. The number of nitrogens with one attached hydrogen (secondary N) is 2. The molecular formula is C19H28N4O4. The topological polar surface area (TPSA) is 105 Å². The minimum absolute atomic E-state index is 0.0711. The number of anilines is 1. The van der Waals surface area contributed by atoms with E-state index in [0.717, 1.165) is 6.42 Å². The standard InChI is InChI=1S/C19H28N4O4/c1-4-13(2)20-18(24)14(3)21-19(25)15-9-11-22(12-10-15)16-7-5-6-8-17(16)23(26)27/h5-8,13-15H,4,9-12H2,1-3H3,(H,20,24)(H,21,25). The van der Waals surface area contributed by atoms with E-state index in [-0.39, 0.29) is 34.4 Å². The number of nitrogens with zero attached hydrogens (tertiary/aromatic N) is 2. The van der Waals surface area contributed by atoms with E-state index in [0.29, 0.717) is 31.6 Å². The van der Waals surface area contributed by atoms with Crippen molar-refractivity contribution in [2.24, 2.45) is 5.92 Å². The van der Waals surface area contributed by atoms with Gasteiger partial charge in [-0.15, -0.1) is 0 Å². The maximum absolute atomic E-state index is 12.5. The minimum Gasteiger partial charge on any atom is -0.366 e. The Bertz CT molecular complexity index is 686. The normalized spacial score (nSPS) is 17.1. The number of piperidine rings is 1. The van der Waals surface area contributed by atoms with E-state index in [1.807, 2.05) is 18.7 Å². The van der Waals surface area contributed by atoms with Crippen LogP contribution >= 0.6 is 0 Å². The van der Waals surface area contributed by atoms with Crippen LogP contribution in [-0.2, 0) is 9.59 Å². The molecule has 2 atom stereocenters. The molecule has 2 amide bonds. The van der Waals surface area contributed by atoms with Crippen LogP contribution in [0.3, 0.4) is 0 Å². The molecule has 1 aromatic carbocycles. The number of rotatable bonds is 7. The molecule has 2 rings (SSSR count). The van der Waals surface area contributed by atoms with Crippen LogP contribution in [0.1, 0.15) is 40.0 Å². The van der Waals surface area contributed by atoms with E-state index >= 15 is 0 Å². The van der Waals surface area contributed by atoms with Gasteiger partial charge in [-0.2, -0.15) is 0 Å². The molecule has 27 heavy (non-hydrogen) atoms. The third-order valence-electron chi connectivity index (χ3n) is 5.04. The largest absolute Gasteiger partial charge is 0.366 e. The van der Waals surface area contributed by atoms with Crippen molar-refractivity contribution in [1.29, 1.82) is 0 Å². The number of hydrogen-bond acceptors (Lipinski definition) is 5. The molecule has 8 nitrogen and oxygen atoms in total. The van der Waals surface area contributed by atoms with Gasteiger partial charge in [0.15, 0.2) is 0 Å². The predicted octanol–water partition coefficient (Wildman–Crippen LogP) is 2.23. The zero-order valence-electron chi connectivity index (χ0n) is 16.1. The van der Waals surface area contributed by atoms with Crippen LogP contribution in [0.5, 0.6) is 0 Å². The number of hydrogen-bond donors (Lipinski definition) is 2. The number of nitro benzene ring substituents is 1. The number of benzene rings is 1. The smallest absolute Gasteiger partial charge is 0.292 e. The number of carbonyl (C=O) groups excluding carboxylic acids is 2. The fourth-order valence-corrected chi connectivity index (χ4v) is 3.14. The van der Waals surface area contributed by atoms with Crippen molar-refractivity contribution in [3.63, 3.8) is 0 Å². The van der Waals surface area contributed by atoms with Crippen molar-refractivity contribution in [2.75, 3.05) is 18.0 Å². The summed E-state index contributed by atoms with van der Waals surface area (Å²) < 4.78 is 0. The van der Waals surface area contributed by atoms with Gasteiger partial charge in [0.2, 0.25) is 11.8 Å². The van der Waals surface area contributed by atoms with E-state index in [1.54, 1.807) is 25.1 Å². The molecule has 1 heterocycles. The van der Waals surface area contributed by atoms with E-state index in [1.165, 1.54) is 6.07 Å². The zero-order valence-corrected chi connectivity index (χ0v) is 16.1. The summed E-state index contributed by atoms with van der Waals surface area (Å²) in [5.41, 5.74) is 0.665. The second kappa shape index (κ2) is 9.34. The highest BCUT2D eigenvalue weighted by molar-refractivity contribution is 5.88. The Morgan fingerprint density at radius 3 is 2.44 bits per heavy atom. The van der Waals surface area contributed by atoms with Crippen LogP contribution in [0.15, 0.2) is 24.3 Å². The first kappa shape index (κ1) is 20.7. The third kappa shape index (κ3) is 5.42. The van der Waals surface area contributed by atoms with Crippen molar-refractivity contribution >= 4 is 23.2 Å². The summed E-state index contributed by atoms with van der Waals surface area (Å²) >= 11 is 0. The van der Waals surface area contributed by atoms with Gasteiger partial charge >= 0.3 is 0 Å². The molecule has 2 N–H and O–H groups in total. The average Bonchev–Trinajstić information content (AvgIpc) is 2.67. The predicted molar refractivity (Wildman–Crippen MR) is 104 cm³/mol. The summed E-state index contributed by atoms with van der Waals surface area (Å²) in [7, 11) is 0. The molecule has 1 aromatic rings. The summed E-state index contributed by atoms with van der Waals surface area (Å²) in [6.45, 7) is 6.72. The molecule has 0 aromatic heterocycles. The molecule has 0 radical (unpaired) electrons. The Labute approximate surface area is 159 Å². The summed E-state index contributed by atoms with van der Waals surface area (Å²) in [5, 5.41) is 16.8. The first-order valence-electron chi connectivity index (χ1n) is 9.42. The van der Waals surface area contributed by atoms with Gasteiger partial charge in [0.05, 0.1) is 4.92 Å². The van der Waals surface area contributed by atoms with Gasteiger partial charge in [0, 0.05) is 31.1 Å². The van der Waals surface area contributed by atoms with Gasteiger partial charge in [-0.25, -0.2) is 0 Å². The van der Waals surface area contributed by atoms with Crippen LogP contribution in [0, 0.1) is 16.0 Å². The number of nitro groups is 1. The molecular weight excluding hydrogens is 348 g/mol. The fourth-order valence-electron chi connectivity index (χ4n) is 3.14. The second-order valence-corrected chi connectivity index (χ2v) is 7.06. The van der Waals surface area contributed by atoms with Crippen LogP contribution in [0.2, 0.25) is 0 Å². The maximum atomic E-state index is 12.5. The Kier molecular flexibility index (Phi) is 7.15. The van der Waals surface area contributed by atoms with E-state index < -0.39 is 6.04 Å². The quantitative estimate of drug-likeness (QED) is 0.561. The highest BCUT2D eigenvalue weighted by Gasteiger charge is 2.29. The van der Waals surface area contributed by atoms with Crippen LogP contribution in [0.25, 0.3) is 0 Å². The lowest BCUT2D eigenvalue weighted by molar-refractivity contribution is -0.384. The SMILES string of the molecule is CCC(C)NC(=O)C(C)NC(=O)C1CCN(c2ccccc2[N+](=O)[O-])CC1. The molecule has 0 saturated carbocycles. The lowest BCUT2D eigenvalue weighted by Crippen LogP contribution is -2.50. The van der Waals surface area contributed by atoms with E-state index in [4.69, 9.17) is 0 Å². The second-order valence-electron chi connectivity index (χ2n) is 7.06. The summed E-state index contributed by atoms with van der Waals surface area (Å²) in [6.07, 6.45) is 2.02. The number of amides is 2. The number of para-hydroxylation sites is 2. The van der Waals surface area contributed by atoms with Gasteiger partial charge in [-0.05, 0) is 39.2 Å². The van der Waals surface area contributed by atoms with Crippen molar-refractivity contribution in [1.82, 2.24) is 10.6 Å². The summed E-state index contributed by atoms with van der Waals surface area (Å²) in [6, 6.07) is 6.14. The highest BCUT2D eigenvalue weighted by Crippen LogP contribution is 2.31. The lowest BCUT2D eigenvalue weighted by atomic mass is 9.95. The van der Waals surface area contributed by atoms with Crippen molar-refractivity contribution in [2.45, 2.75) is 52.1 Å². The summed E-state index contributed by atoms with van der Waals surface area (Å²) in [5.74, 6) is -0.512. The third-order valence-corrected chi connectivity index (χ3v) is 5.04. The first-order chi connectivity index (χ1) is 12.8. The van der Waals surface area contributed by atoms with E-state index in [2.05, 4.69) is 10.6 Å². The molecule has 0 aliphatic carbocycles. The molecule has 0 spiro atoms. The minimum atomic E-state index is -0.584. The van der Waals surface area contributed by atoms with E-state index in [9.17, 15) is 19.7 Å². The van der Waals surface area contributed by atoms with Crippen LogP contribution in [-0.4, -0.2) is 41.9 Å². The zero-order chi connectivity index (χ0) is 20.0. The molecule has 1 aliphatic heterocycles. The molecule has 0 bridgehead atoms. The van der Waals surface area contributed by atoms with Gasteiger partial charge in [0.25, 0.3) is 5.69 Å². The fraction of sp³-hybridized carbons (Fsp3) is 0.579. The first-order valence-corrected chi connectivity index (χ1v) is 9.42. The molecule has 1 fully saturated rings. The average molecular weight is 376 g/mol. The maximum Gasteiger partial charge on any atom is 0.292 e. The van der Waals surface area contributed by atoms with Crippen molar-refractivity contribution in [3.05, 3.63) is 34.4 Å². The molecule has 148 valence electrons. The highest BCUT2D eigenvalue weighted by atomic mass is 16.6. The van der Waals surface area contributed by atoms with Gasteiger partial charge < -0.3 is 15.5 Å². The van der Waals surface area contributed by atoms with Gasteiger partial charge in [0.1, 0.15) is 11.7 Å². The number of carbonyl (C=O) groups is 2. The van der Waals surface area contributed by atoms with Gasteiger partial charge in [-0.3, -0.25) is 19.7 Å². The Morgan fingerprint density at radius 1 is 1.22 bits per heavy atom. The lowest BCUT2D eigenvalue weighted by Gasteiger charge is -2.33. The molecule has 8 heteroatoms. The van der Waals surface area contributed by atoms with Crippen LogP contribution in [0.4, 0.5) is 11.4 Å². The van der Waals surface area contributed by atoms with Crippen LogP contribution < -0.4 is 15.5 Å². The Hall–Kier alpha value is -2.64. The summed E-state index contributed by atoms with van der Waals surface area (Å²) in [4.78, 5) is 37.3.